The molecule has 0 saturated carbocycles. The van der Waals surface area contributed by atoms with E-state index < -0.39 is 27.5 Å². The molecule has 0 bridgehead atoms. The lowest BCUT2D eigenvalue weighted by molar-refractivity contribution is 0.366. The fourth-order valence-corrected chi connectivity index (χ4v) is 1.87. The molecular formula is C3H22N4O6P2. The van der Waals surface area contributed by atoms with Gasteiger partial charge in [-0.2, -0.15) is 0 Å². The molecule has 0 radical (unpaired) electrons. The summed E-state index contributed by atoms with van der Waals surface area (Å²) >= 11 is 0. The summed E-state index contributed by atoms with van der Waals surface area (Å²) in [5.41, 5.74) is 0. The molecular weight excluding hydrogens is 250 g/mol. The first kappa shape index (κ1) is 29.4. The van der Waals surface area contributed by atoms with Crippen LogP contribution in [0.15, 0.2) is 0 Å². The molecule has 0 spiro atoms. The van der Waals surface area contributed by atoms with Crippen molar-refractivity contribution in [1.82, 2.24) is 24.6 Å². The van der Waals surface area contributed by atoms with Crippen LogP contribution < -0.4 is 24.6 Å². The quantitative estimate of drug-likeness (QED) is 0.326. The van der Waals surface area contributed by atoms with Crippen molar-refractivity contribution in [3.63, 3.8) is 0 Å². The Balaban J connectivity index is -0.0000000833. The van der Waals surface area contributed by atoms with Gasteiger partial charge in [-0.3, -0.25) is 9.13 Å². The molecule has 10 nitrogen and oxygen atoms in total. The maximum Gasteiger partial charge on any atom is 0.325 e. The fourth-order valence-electron chi connectivity index (χ4n) is 0.483. The molecule has 0 aliphatic heterocycles. The van der Waals surface area contributed by atoms with E-state index in [0.717, 1.165) is 0 Å². The maximum absolute atomic E-state index is 10.2. The molecule has 0 aliphatic carbocycles. The monoisotopic (exact) mass is 272 g/mol. The first-order valence-corrected chi connectivity index (χ1v) is 6.39. The van der Waals surface area contributed by atoms with Crippen molar-refractivity contribution in [2.24, 2.45) is 0 Å². The van der Waals surface area contributed by atoms with Gasteiger partial charge in [0.1, 0.15) is 0 Å². The SMILES string of the molecule is N.N.N.N.O=P(O)(O)CCCP(=O)(O)O. The minimum atomic E-state index is -4.10. The molecule has 0 saturated heterocycles. The van der Waals surface area contributed by atoms with E-state index in [-0.39, 0.29) is 31.0 Å². The summed E-state index contributed by atoms with van der Waals surface area (Å²) in [5, 5.41) is 0. The normalized spacial score (nSPS) is 9.87. The number of rotatable bonds is 4. The van der Waals surface area contributed by atoms with Gasteiger partial charge in [0.15, 0.2) is 0 Å². The lowest BCUT2D eigenvalue weighted by Gasteiger charge is -2.04. The molecule has 0 aliphatic rings. The molecule has 100 valence electrons. The predicted molar refractivity (Wildman–Crippen MR) is 58.5 cm³/mol. The molecule has 0 unspecified atom stereocenters. The highest BCUT2D eigenvalue weighted by molar-refractivity contribution is 7.52. The van der Waals surface area contributed by atoms with Crippen LogP contribution >= 0.6 is 15.2 Å². The van der Waals surface area contributed by atoms with Gasteiger partial charge in [-0.25, -0.2) is 0 Å². The van der Waals surface area contributed by atoms with Gasteiger partial charge < -0.3 is 44.2 Å². The van der Waals surface area contributed by atoms with E-state index in [1.807, 2.05) is 0 Å². The molecule has 0 aromatic rings. The zero-order valence-corrected chi connectivity index (χ0v) is 10.2. The molecule has 12 heteroatoms. The van der Waals surface area contributed by atoms with Gasteiger partial charge in [0.2, 0.25) is 0 Å². The van der Waals surface area contributed by atoms with Crippen LogP contribution in [0, 0.1) is 0 Å². The average molecular weight is 272 g/mol. The Morgan fingerprint density at radius 2 is 0.867 bits per heavy atom. The van der Waals surface area contributed by atoms with E-state index in [4.69, 9.17) is 19.6 Å². The topological polar surface area (TPSA) is 255 Å². The summed E-state index contributed by atoms with van der Waals surface area (Å²) in [7, 11) is -8.19. The molecule has 0 amide bonds. The van der Waals surface area contributed by atoms with Gasteiger partial charge in [-0.15, -0.1) is 0 Å². The summed E-state index contributed by atoms with van der Waals surface area (Å²) in [4.78, 5) is 33.1. The zero-order chi connectivity index (χ0) is 9.12. The van der Waals surface area contributed by atoms with Crippen LogP contribution in [0.4, 0.5) is 0 Å². The highest BCUT2D eigenvalue weighted by Gasteiger charge is 2.17. The molecule has 0 rings (SSSR count). The summed E-state index contributed by atoms with van der Waals surface area (Å²) in [6.07, 6.45) is -1.11. The van der Waals surface area contributed by atoms with Crippen LogP contribution in [-0.2, 0) is 9.13 Å². The van der Waals surface area contributed by atoms with E-state index in [0.29, 0.717) is 0 Å². The third kappa shape index (κ3) is 31.5. The van der Waals surface area contributed by atoms with E-state index in [1.54, 1.807) is 0 Å². The van der Waals surface area contributed by atoms with Crippen LogP contribution in [0.3, 0.4) is 0 Å². The summed E-state index contributed by atoms with van der Waals surface area (Å²) < 4.78 is 20.3. The third-order valence-electron chi connectivity index (χ3n) is 0.899. The molecule has 0 aromatic carbocycles. The highest BCUT2D eigenvalue weighted by atomic mass is 31.2. The smallest absolute Gasteiger partial charge is 0.325 e. The second-order valence-electron chi connectivity index (χ2n) is 2.13. The second kappa shape index (κ2) is 10.7. The lowest BCUT2D eigenvalue weighted by Crippen LogP contribution is -1.93. The average Bonchev–Trinajstić information content (AvgIpc) is 1.55. The van der Waals surface area contributed by atoms with Crippen LogP contribution in [0.5, 0.6) is 0 Å². The molecule has 0 aromatic heterocycles. The van der Waals surface area contributed by atoms with Crippen LogP contribution in [0.2, 0.25) is 0 Å². The number of hydrogen-bond donors (Lipinski definition) is 8. The van der Waals surface area contributed by atoms with Crippen molar-refractivity contribution in [2.75, 3.05) is 12.3 Å². The van der Waals surface area contributed by atoms with E-state index in [9.17, 15) is 9.13 Å². The lowest BCUT2D eigenvalue weighted by atomic mass is 10.6. The van der Waals surface area contributed by atoms with Gasteiger partial charge in [0.25, 0.3) is 0 Å². The van der Waals surface area contributed by atoms with Gasteiger partial charge in [-0.05, 0) is 6.42 Å². The first-order valence-electron chi connectivity index (χ1n) is 2.80. The van der Waals surface area contributed by atoms with E-state index in [1.165, 1.54) is 0 Å². The molecule has 16 N–H and O–H groups in total. The van der Waals surface area contributed by atoms with Crippen molar-refractivity contribution in [2.45, 2.75) is 6.42 Å². The Hall–Kier alpha value is 0.140. The Kier molecular flexibility index (Phi) is 20.9. The Morgan fingerprint density at radius 3 is 1.00 bits per heavy atom. The van der Waals surface area contributed by atoms with Crippen molar-refractivity contribution in [3.05, 3.63) is 0 Å². The molecule has 0 fully saturated rings. The predicted octanol–water partition coefficient (Wildman–Crippen LogP) is 0.380. The molecule has 0 heterocycles. The van der Waals surface area contributed by atoms with Crippen molar-refractivity contribution < 1.29 is 28.7 Å². The minimum absolute atomic E-state index is 0. The Bertz CT molecular complexity index is 190. The van der Waals surface area contributed by atoms with Crippen LogP contribution in [0.1, 0.15) is 6.42 Å². The minimum Gasteiger partial charge on any atom is -0.344 e. The highest BCUT2D eigenvalue weighted by Crippen LogP contribution is 2.40. The Morgan fingerprint density at radius 1 is 0.667 bits per heavy atom. The summed E-state index contributed by atoms with van der Waals surface area (Å²) in [6.45, 7) is 0. The maximum atomic E-state index is 10.2. The van der Waals surface area contributed by atoms with Gasteiger partial charge in [0, 0.05) is 0 Å². The summed E-state index contributed by atoms with van der Waals surface area (Å²) in [6, 6.07) is 0. The fraction of sp³-hybridized carbons (Fsp3) is 1.00. The van der Waals surface area contributed by atoms with Gasteiger partial charge in [-0.1, -0.05) is 0 Å². The summed E-state index contributed by atoms with van der Waals surface area (Å²) in [5.74, 6) is 0. The van der Waals surface area contributed by atoms with Crippen molar-refractivity contribution >= 4 is 15.2 Å². The van der Waals surface area contributed by atoms with Crippen molar-refractivity contribution in [1.29, 1.82) is 0 Å². The van der Waals surface area contributed by atoms with E-state index in [2.05, 4.69) is 0 Å². The largest absolute Gasteiger partial charge is 0.344 e. The molecule has 15 heavy (non-hydrogen) atoms. The standard InChI is InChI=1S/C3H10O6P2.4H3N/c4-10(5,6)2-1-3-11(7,8)9;;;;/h1-3H2,(H2,4,5,6)(H2,7,8,9);4*1H3. The van der Waals surface area contributed by atoms with E-state index >= 15 is 0 Å². The molecule has 0 atom stereocenters. The van der Waals surface area contributed by atoms with Crippen LogP contribution in [0.25, 0.3) is 0 Å². The zero-order valence-electron chi connectivity index (χ0n) is 8.45. The second-order valence-corrected chi connectivity index (χ2v) is 5.68. The van der Waals surface area contributed by atoms with Crippen molar-refractivity contribution in [3.8, 4) is 0 Å². The van der Waals surface area contributed by atoms with Crippen LogP contribution in [-0.4, -0.2) is 31.9 Å². The van der Waals surface area contributed by atoms with Gasteiger partial charge >= 0.3 is 15.2 Å². The third-order valence-corrected chi connectivity index (χ3v) is 2.70. The van der Waals surface area contributed by atoms with Gasteiger partial charge in [0.05, 0.1) is 12.3 Å². The Labute approximate surface area is 88.1 Å². The first-order chi connectivity index (χ1) is 4.71. The number of hydrogen-bond acceptors (Lipinski definition) is 6.